The Hall–Kier alpha value is -1.28. The summed E-state index contributed by atoms with van der Waals surface area (Å²) in [5.74, 6) is 0. The van der Waals surface area contributed by atoms with Crippen molar-refractivity contribution in [3.8, 4) is 10.6 Å². The third-order valence-electron chi connectivity index (χ3n) is 2.32. The number of rotatable bonds is 3. The zero-order valence-electron chi connectivity index (χ0n) is 9.85. The molecule has 2 rings (SSSR count). The van der Waals surface area contributed by atoms with E-state index in [0.717, 1.165) is 11.3 Å². The van der Waals surface area contributed by atoms with E-state index in [4.69, 9.17) is 0 Å². The van der Waals surface area contributed by atoms with Gasteiger partial charge in [0.05, 0.1) is 0 Å². The first-order valence-corrected chi connectivity index (χ1v) is 6.60. The van der Waals surface area contributed by atoms with E-state index in [1.54, 1.807) is 25.3 Å². The molecular formula is C11H10F3N3S2. The van der Waals surface area contributed by atoms with Gasteiger partial charge in [-0.25, -0.2) is 4.98 Å². The lowest BCUT2D eigenvalue weighted by atomic mass is 10.3. The number of anilines is 1. The van der Waals surface area contributed by atoms with Crippen LogP contribution in [-0.2, 0) is 6.18 Å². The van der Waals surface area contributed by atoms with Gasteiger partial charge in [0.1, 0.15) is 10.0 Å². The summed E-state index contributed by atoms with van der Waals surface area (Å²) >= 11 is 4.99. The zero-order chi connectivity index (χ0) is 14.0. The molecule has 0 fully saturated rings. The fraction of sp³-hybridized carbons (Fsp3) is 0.273. The monoisotopic (exact) mass is 305 g/mol. The van der Waals surface area contributed by atoms with E-state index < -0.39 is 11.9 Å². The molecule has 0 amide bonds. The van der Waals surface area contributed by atoms with Crippen molar-refractivity contribution in [3.63, 3.8) is 0 Å². The van der Waals surface area contributed by atoms with Gasteiger partial charge < -0.3 is 4.31 Å². The predicted octanol–water partition coefficient (Wildman–Crippen LogP) is 3.90. The first kappa shape index (κ1) is 14.1. The van der Waals surface area contributed by atoms with Crippen LogP contribution in [0.15, 0.2) is 24.5 Å². The topological polar surface area (TPSA) is 29.0 Å². The fourth-order valence-electron chi connectivity index (χ4n) is 1.43. The lowest BCUT2D eigenvalue weighted by Gasteiger charge is -2.14. The number of aromatic nitrogens is 2. The summed E-state index contributed by atoms with van der Waals surface area (Å²) in [7, 11) is 0. The summed E-state index contributed by atoms with van der Waals surface area (Å²) in [6.07, 6.45) is -1.46. The standard InChI is InChI=1S/C11H10F3N3S2/c1-2-17(18)10-8(11(12,13)14)16-9(19-10)7-4-3-5-15-6-7/h3-6,18H,2H2,1H3. The average molecular weight is 305 g/mol. The van der Waals surface area contributed by atoms with Gasteiger partial charge in [-0.05, 0) is 19.1 Å². The summed E-state index contributed by atoms with van der Waals surface area (Å²) in [6.45, 7) is 2.07. The van der Waals surface area contributed by atoms with Gasteiger partial charge >= 0.3 is 6.18 Å². The SMILES string of the molecule is CCN(S)c1sc(-c2cccnc2)nc1C(F)(F)F. The van der Waals surface area contributed by atoms with Crippen molar-refractivity contribution < 1.29 is 13.2 Å². The Morgan fingerprint density at radius 3 is 2.68 bits per heavy atom. The van der Waals surface area contributed by atoms with Gasteiger partial charge in [0.15, 0.2) is 5.69 Å². The van der Waals surface area contributed by atoms with E-state index in [-0.39, 0.29) is 10.0 Å². The van der Waals surface area contributed by atoms with E-state index in [0.29, 0.717) is 12.1 Å². The van der Waals surface area contributed by atoms with Crippen LogP contribution >= 0.6 is 24.2 Å². The highest BCUT2D eigenvalue weighted by Crippen LogP contribution is 2.43. The van der Waals surface area contributed by atoms with Gasteiger partial charge in [-0.15, -0.1) is 0 Å². The van der Waals surface area contributed by atoms with E-state index in [1.807, 2.05) is 0 Å². The summed E-state index contributed by atoms with van der Waals surface area (Å²) in [6, 6.07) is 3.33. The van der Waals surface area contributed by atoms with Crippen LogP contribution in [0.5, 0.6) is 0 Å². The molecule has 102 valence electrons. The maximum absolute atomic E-state index is 12.9. The Morgan fingerprint density at radius 1 is 1.42 bits per heavy atom. The fourth-order valence-corrected chi connectivity index (χ4v) is 2.70. The largest absolute Gasteiger partial charge is 0.436 e. The first-order chi connectivity index (χ1) is 8.93. The molecule has 0 aliphatic heterocycles. The van der Waals surface area contributed by atoms with Crippen molar-refractivity contribution in [1.82, 2.24) is 9.97 Å². The van der Waals surface area contributed by atoms with Crippen LogP contribution in [0.3, 0.4) is 0 Å². The minimum absolute atomic E-state index is 0.00261. The van der Waals surface area contributed by atoms with Gasteiger partial charge in [-0.1, -0.05) is 24.2 Å². The smallest absolute Gasteiger partial charge is 0.309 e. The third-order valence-corrected chi connectivity index (χ3v) is 4.07. The zero-order valence-corrected chi connectivity index (χ0v) is 11.6. The number of hydrogen-bond donors (Lipinski definition) is 1. The Kier molecular flexibility index (Phi) is 4.00. The van der Waals surface area contributed by atoms with Crippen molar-refractivity contribution in [2.24, 2.45) is 0 Å². The van der Waals surface area contributed by atoms with Gasteiger partial charge in [0.2, 0.25) is 0 Å². The van der Waals surface area contributed by atoms with E-state index in [9.17, 15) is 13.2 Å². The molecule has 3 nitrogen and oxygen atoms in total. The van der Waals surface area contributed by atoms with E-state index >= 15 is 0 Å². The van der Waals surface area contributed by atoms with Crippen LogP contribution in [0.1, 0.15) is 12.6 Å². The van der Waals surface area contributed by atoms with Gasteiger partial charge in [-0.2, -0.15) is 13.2 Å². The molecule has 0 aliphatic rings. The molecule has 0 atom stereocenters. The van der Waals surface area contributed by atoms with Crippen molar-refractivity contribution in [2.45, 2.75) is 13.1 Å². The highest BCUT2D eigenvalue weighted by Gasteiger charge is 2.39. The number of pyridine rings is 1. The molecule has 8 heteroatoms. The molecule has 0 radical (unpaired) electrons. The molecule has 0 saturated heterocycles. The number of hydrogen-bond acceptors (Lipinski definition) is 5. The highest BCUT2D eigenvalue weighted by molar-refractivity contribution is 7.82. The number of halogens is 3. The summed E-state index contributed by atoms with van der Waals surface area (Å²) < 4.78 is 40.1. The van der Waals surface area contributed by atoms with Gasteiger partial charge in [0.25, 0.3) is 0 Å². The number of alkyl halides is 3. The first-order valence-electron chi connectivity index (χ1n) is 5.38. The number of thiol groups is 1. The second kappa shape index (κ2) is 5.38. The molecule has 2 aromatic rings. The predicted molar refractivity (Wildman–Crippen MR) is 72.4 cm³/mol. The molecule has 0 unspecified atom stereocenters. The number of nitrogens with zero attached hydrogens (tertiary/aromatic N) is 3. The molecule has 19 heavy (non-hydrogen) atoms. The highest BCUT2D eigenvalue weighted by atomic mass is 32.1. The van der Waals surface area contributed by atoms with E-state index in [1.165, 1.54) is 10.5 Å². The Labute approximate surface area is 117 Å². The van der Waals surface area contributed by atoms with E-state index in [2.05, 4.69) is 22.8 Å². The molecule has 0 N–H and O–H groups in total. The molecule has 2 aromatic heterocycles. The molecular weight excluding hydrogens is 295 g/mol. The van der Waals surface area contributed by atoms with Crippen molar-refractivity contribution in [3.05, 3.63) is 30.2 Å². The Morgan fingerprint density at radius 2 is 2.16 bits per heavy atom. The lowest BCUT2D eigenvalue weighted by molar-refractivity contribution is -0.140. The molecule has 2 heterocycles. The van der Waals surface area contributed by atoms with Crippen LogP contribution in [0.25, 0.3) is 10.6 Å². The van der Waals surface area contributed by atoms with Crippen LogP contribution in [0.4, 0.5) is 18.2 Å². The second-order valence-corrected chi connectivity index (χ2v) is 5.09. The Balaban J connectivity index is 2.52. The maximum Gasteiger partial charge on any atom is 0.436 e. The quantitative estimate of drug-likeness (QED) is 0.872. The average Bonchev–Trinajstić information content (AvgIpc) is 2.84. The van der Waals surface area contributed by atoms with Crippen molar-refractivity contribution in [1.29, 1.82) is 0 Å². The minimum Gasteiger partial charge on any atom is -0.309 e. The van der Waals surface area contributed by atoms with Crippen LogP contribution < -0.4 is 4.31 Å². The normalized spacial score (nSPS) is 11.6. The molecule has 0 aromatic carbocycles. The van der Waals surface area contributed by atoms with Crippen molar-refractivity contribution >= 4 is 29.2 Å². The molecule has 0 aliphatic carbocycles. The summed E-state index contributed by atoms with van der Waals surface area (Å²) in [5, 5.41) is 0.278. The minimum atomic E-state index is -4.50. The number of thiazole rings is 1. The summed E-state index contributed by atoms with van der Waals surface area (Å²) in [5.41, 5.74) is -0.352. The lowest BCUT2D eigenvalue weighted by Crippen LogP contribution is -2.14. The van der Waals surface area contributed by atoms with Gasteiger partial charge in [0, 0.05) is 24.5 Å². The molecule has 0 bridgehead atoms. The summed E-state index contributed by atoms with van der Waals surface area (Å²) in [4.78, 5) is 7.56. The maximum atomic E-state index is 12.9. The third kappa shape index (κ3) is 3.01. The van der Waals surface area contributed by atoms with Gasteiger partial charge in [-0.3, -0.25) is 4.98 Å². The van der Waals surface area contributed by atoms with Crippen LogP contribution in [0, 0.1) is 0 Å². The Bertz CT molecular complexity index is 554. The van der Waals surface area contributed by atoms with Crippen LogP contribution in [0.2, 0.25) is 0 Å². The second-order valence-electron chi connectivity index (χ2n) is 3.63. The molecule has 0 saturated carbocycles. The van der Waals surface area contributed by atoms with Crippen LogP contribution in [-0.4, -0.2) is 16.5 Å². The molecule has 0 spiro atoms. The van der Waals surface area contributed by atoms with Crippen molar-refractivity contribution in [2.75, 3.05) is 10.8 Å².